The van der Waals surface area contributed by atoms with Crippen LogP contribution in [0.3, 0.4) is 0 Å². The number of ether oxygens (including phenoxy) is 1. The fraction of sp³-hybridized carbons (Fsp3) is 0.632. The van der Waals surface area contributed by atoms with Crippen LogP contribution in [0.1, 0.15) is 51.0 Å². The molecule has 0 bridgehead atoms. The van der Waals surface area contributed by atoms with Gasteiger partial charge in [-0.2, -0.15) is 0 Å². The summed E-state index contributed by atoms with van der Waals surface area (Å²) in [5.74, 6) is 0.952. The fourth-order valence-electron chi connectivity index (χ4n) is 3.11. The third kappa shape index (κ3) is 4.17. The summed E-state index contributed by atoms with van der Waals surface area (Å²) in [6, 6.07) is 0. The van der Waals surface area contributed by atoms with Gasteiger partial charge in [0.1, 0.15) is 21.4 Å². The first-order chi connectivity index (χ1) is 12.0. The molecule has 2 aromatic rings. The highest BCUT2D eigenvalue weighted by Gasteiger charge is 2.26. The van der Waals surface area contributed by atoms with Gasteiger partial charge in [-0.25, -0.2) is 9.97 Å². The number of aromatic nitrogens is 2. The molecule has 3 rings (SSSR count). The maximum absolute atomic E-state index is 12.4. The van der Waals surface area contributed by atoms with Gasteiger partial charge in [0, 0.05) is 10.3 Å². The molecule has 6 heteroatoms. The average Bonchev–Trinajstić information content (AvgIpc) is 2.95. The normalized spacial score (nSPS) is 18.4. The summed E-state index contributed by atoms with van der Waals surface area (Å²) in [4.78, 5) is 23.9. The van der Waals surface area contributed by atoms with Crippen molar-refractivity contribution in [1.82, 2.24) is 9.97 Å². The monoisotopic (exact) mass is 378 g/mol. The van der Waals surface area contributed by atoms with Gasteiger partial charge in [0.2, 0.25) is 0 Å². The van der Waals surface area contributed by atoms with Crippen LogP contribution in [0.4, 0.5) is 0 Å². The van der Waals surface area contributed by atoms with Gasteiger partial charge in [-0.1, -0.05) is 39.5 Å². The van der Waals surface area contributed by atoms with Gasteiger partial charge in [0.05, 0.1) is 6.61 Å². The number of aryl methyl sites for hydroxylation is 1. The Bertz CT molecular complexity index is 757. The molecule has 0 aliphatic heterocycles. The molecule has 2 atom stereocenters. The van der Waals surface area contributed by atoms with Crippen molar-refractivity contribution in [3.05, 3.63) is 16.8 Å². The lowest BCUT2D eigenvalue weighted by Crippen LogP contribution is -2.21. The van der Waals surface area contributed by atoms with Crippen LogP contribution in [-0.2, 0) is 22.4 Å². The molecule has 0 fully saturated rings. The van der Waals surface area contributed by atoms with Crippen LogP contribution < -0.4 is 0 Å². The second-order valence-electron chi connectivity index (χ2n) is 7.25. The first kappa shape index (κ1) is 18.6. The second kappa shape index (κ2) is 8.04. The molecule has 4 nitrogen and oxygen atoms in total. The maximum Gasteiger partial charge on any atom is 0.319 e. The lowest BCUT2D eigenvalue weighted by molar-refractivity contribution is -0.144. The zero-order chi connectivity index (χ0) is 18.0. The summed E-state index contributed by atoms with van der Waals surface area (Å²) in [5, 5.41) is 1.90. The molecule has 25 heavy (non-hydrogen) atoms. The lowest BCUT2D eigenvalue weighted by atomic mass is 9.89. The summed E-state index contributed by atoms with van der Waals surface area (Å²) in [6.07, 6.45) is 5.80. The van der Waals surface area contributed by atoms with E-state index in [0.29, 0.717) is 12.5 Å². The largest absolute Gasteiger partial charge is 0.465 e. The number of thioether (sulfide) groups is 1. The fourth-order valence-corrected chi connectivity index (χ4v) is 5.57. The Morgan fingerprint density at radius 3 is 2.96 bits per heavy atom. The van der Waals surface area contributed by atoms with Gasteiger partial charge in [0.25, 0.3) is 0 Å². The van der Waals surface area contributed by atoms with E-state index in [1.54, 1.807) is 17.7 Å². The minimum Gasteiger partial charge on any atom is -0.465 e. The molecule has 0 radical (unpaired) electrons. The van der Waals surface area contributed by atoms with Gasteiger partial charge >= 0.3 is 5.97 Å². The highest BCUT2D eigenvalue weighted by molar-refractivity contribution is 8.00. The molecular formula is C19H26N2O2S2. The maximum atomic E-state index is 12.4. The number of carbonyl (C=O) groups excluding carboxylic acids is 1. The van der Waals surface area contributed by atoms with Crippen LogP contribution in [0, 0.1) is 11.8 Å². The molecule has 1 aliphatic carbocycles. The summed E-state index contributed by atoms with van der Waals surface area (Å²) < 4.78 is 5.45. The summed E-state index contributed by atoms with van der Waals surface area (Å²) in [5.41, 5.74) is 1.41. The van der Waals surface area contributed by atoms with Crippen molar-refractivity contribution in [2.24, 2.45) is 11.8 Å². The van der Waals surface area contributed by atoms with Gasteiger partial charge in [-0.3, -0.25) is 4.79 Å². The number of fused-ring (bicyclic) bond motifs is 3. The molecule has 2 heterocycles. The number of hydrogen-bond acceptors (Lipinski definition) is 6. The van der Waals surface area contributed by atoms with Crippen molar-refractivity contribution >= 4 is 39.3 Å². The van der Waals surface area contributed by atoms with E-state index in [4.69, 9.17) is 4.74 Å². The van der Waals surface area contributed by atoms with E-state index >= 15 is 0 Å². The van der Waals surface area contributed by atoms with Gasteiger partial charge in [0.15, 0.2) is 0 Å². The van der Waals surface area contributed by atoms with Gasteiger partial charge < -0.3 is 4.74 Å². The highest BCUT2D eigenvalue weighted by atomic mass is 32.2. The van der Waals surface area contributed by atoms with Gasteiger partial charge in [-0.05, 0) is 43.1 Å². The number of carbonyl (C=O) groups is 1. The quantitative estimate of drug-likeness (QED) is 0.407. The predicted molar refractivity (Wildman–Crippen MR) is 104 cm³/mol. The molecule has 2 aromatic heterocycles. The molecule has 0 saturated carbocycles. The number of rotatable bonds is 6. The van der Waals surface area contributed by atoms with E-state index in [-0.39, 0.29) is 11.2 Å². The smallest absolute Gasteiger partial charge is 0.319 e. The Morgan fingerprint density at radius 1 is 1.44 bits per heavy atom. The van der Waals surface area contributed by atoms with E-state index in [1.807, 2.05) is 20.8 Å². The van der Waals surface area contributed by atoms with Gasteiger partial charge in [-0.15, -0.1) is 11.3 Å². The van der Waals surface area contributed by atoms with Crippen LogP contribution >= 0.6 is 23.1 Å². The Balaban J connectivity index is 1.86. The Hall–Kier alpha value is -1.14. The van der Waals surface area contributed by atoms with Crippen LogP contribution in [0.2, 0.25) is 0 Å². The van der Waals surface area contributed by atoms with Crippen molar-refractivity contribution in [1.29, 1.82) is 0 Å². The molecule has 0 saturated heterocycles. The van der Waals surface area contributed by atoms with Crippen LogP contribution in [0.25, 0.3) is 10.2 Å². The lowest BCUT2D eigenvalue weighted by Gasteiger charge is -2.19. The molecule has 136 valence electrons. The van der Waals surface area contributed by atoms with E-state index in [9.17, 15) is 4.79 Å². The standard InChI is InChI=1S/C19H26N2O2S2/c1-5-14(19(22)23-9-11(2)3)24-17-16-13-7-6-12(4)8-15(13)25-18(16)21-10-20-17/h10-12,14H,5-9H2,1-4H3/t12-,14-/m1/s1. The van der Waals surface area contributed by atoms with Crippen LogP contribution in [0.15, 0.2) is 11.4 Å². The molecule has 0 aromatic carbocycles. The number of hydrogen-bond donors (Lipinski definition) is 0. The SMILES string of the molecule is CC[C@@H](Sc1ncnc2sc3c(c12)CC[C@@H](C)C3)C(=O)OCC(C)C. The van der Waals surface area contributed by atoms with Crippen molar-refractivity contribution in [3.63, 3.8) is 0 Å². The topological polar surface area (TPSA) is 52.1 Å². The van der Waals surface area contributed by atoms with E-state index in [0.717, 1.165) is 35.0 Å². The molecule has 0 amide bonds. The zero-order valence-electron chi connectivity index (χ0n) is 15.4. The second-order valence-corrected chi connectivity index (χ2v) is 9.52. The molecule has 1 aliphatic rings. The van der Waals surface area contributed by atoms with Crippen molar-refractivity contribution in [2.45, 2.75) is 63.7 Å². The molecule has 0 spiro atoms. The molecular weight excluding hydrogens is 352 g/mol. The number of esters is 1. The van der Waals surface area contributed by atoms with E-state index in [2.05, 4.69) is 16.9 Å². The Morgan fingerprint density at radius 2 is 2.24 bits per heavy atom. The number of nitrogens with zero attached hydrogens (tertiary/aromatic N) is 2. The zero-order valence-corrected chi connectivity index (χ0v) is 17.0. The molecule has 0 unspecified atom stereocenters. The highest BCUT2D eigenvalue weighted by Crippen LogP contribution is 2.41. The summed E-state index contributed by atoms with van der Waals surface area (Å²) in [6.45, 7) is 8.91. The van der Waals surface area contributed by atoms with Crippen LogP contribution in [0.5, 0.6) is 0 Å². The number of thiophene rings is 1. The average molecular weight is 379 g/mol. The first-order valence-electron chi connectivity index (χ1n) is 9.08. The van der Waals surface area contributed by atoms with Crippen LogP contribution in [-0.4, -0.2) is 27.8 Å². The van der Waals surface area contributed by atoms with Crippen molar-refractivity contribution in [3.8, 4) is 0 Å². The predicted octanol–water partition coefficient (Wildman–Crippen LogP) is 4.89. The third-order valence-corrected chi connectivity index (χ3v) is 7.01. The van der Waals surface area contributed by atoms with E-state index < -0.39 is 0 Å². The molecule has 0 N–H and O–H groups in total. The van der Waals surface area contributed by atoms with Crippen molar-refractivity contribution in [2.75, 3.05) is 6.61 Å². The minimum absolute atomic E-state index is 0.134. The summed E-state index contributed by atoms with van der Waals surface area (Å²) in [7, 11) is 0. The minimum atomic E-state index is -0.213. The third-order valence-electron chi connectivity index (χ3n) is 4.50. The van der Waals surface area contributed by atoms with E-state index in [1.165, 1.54) is 34.0 Å². The Labute approximate surface area is 157 Å². The van der Waals surface area contributed by atoms with Crippen molar-refractivity contribution < 1.29 is 9.53 Å². The summed E-state index contributed by atoms with van der Waals surface area (Å²) >= 11 is 3.33. The first-order valence-corrected chi connectivity index (χ1v) is 10.8. The Kier molecular flexibility index (Phi) is 6.00.